The molecule has 35 heavy (non-hydrogen) atoms. The van der Waals surface area contributed by atoms with Crippen LogP contribution in [0.3, 0.4) is 0 Å². The summed E-state index contributed by atoms with van der Waals surface area (Å²) in [6.45, 7) is 1.43. The van der Waals surface area contributed by atoms with E-state index in [2.05, 4.69) is 15.6 Å². The number of hydrogen-bond acceptors (Lipinski definition) is 7. The molecule has 12 heteroatoms. The Labute approximate surface area is 198 Å². The third-order valence-corrected chi connectivity index (χ3v) is 5.22. The molecule has 9 nitrogen and oxygen atoms in total. The third kappa shape index (κ3) is 6.35. The molecular weight excluding hydrogens is 467 g/mol. The summed E-state index contributed by atoms with van der Waals surface area (Å²) < 4.78 is 51.4. The molecule has 2 heterocycles. The molecule has 0 saturated carbocycles. The molecule has 0 unspecified atom stereocenters. The first-order valence-electron chi connectivity index (χ1n) is 10.7. The van der Waals surface area contributed by atoms with Gasteiger partial charge in [0.15, 0.2) is 12.3 Å². The molecule has 2 aromatic carbocycles. The summed E-state index contributed by atoms with van der Waals surface area (Å²) >= 11 is 0. The number of ether oxygens (including phenoxy) is 2. The lowest BCUT2D eigenvalue weighted by molar-refractivity contribution is -0.137. The highest BCUT2D eigenvalue weighted by Gasteiger charge is 2.32. The molecule has 0 spiro atoms. The fraction of sp³-hybridized carbons (Fsp3) is 0.304. The Morgan fingerprint density at radius 1 is 1.09 bits per heavy atom. The lowest BCUT2D eigenvalue weighted by Crippen LogP contribution is -2.37. The number of nitrogens with one attached hydrogen (secondary N) is 1. The van der Waals surface area contributed by atoms with Crippen LogP contribution in [0.1, 0.15) is 21.6 Å². The largest absolute Gasteiger partial charge is 0.451 e. The SMILES string of the molecule is O=C(COC(=O)c1cn(Cc2ccccc2)nn1)Nc1cc(C(F)(F)F)ccc1N1CCOCC1. The van der Waals surface area contributed by atoms with Gasteiger partial charge in [0.1, 0.15) is 0 Å². The van der Waals surface area contributed by atoms with Crippen LogP contribution in [0.5, 0.6) is 0 Å². The van der Waals surface area contributed by atoms with Crippen LogP contribution in [-0.4, -0.2) is 59.8 Å². The van der Waals surface area contributed by atoms with Gasteiger partial charge < -0.3 is 19.7 Å². The highest BCUT2D eigenvalue weighted by molar-refractivity contribution is 5.97. The smallest absolute Gasteiger partial charge is 0.416 e. The summed E-state index contributed by atoms with van der Waals surface area (Å²) in [6.07, 6.45) is -3.20. The normalized spacial score (nSPS) is 14.0. The van der Waals surface area contributed by atoms with Crippen molar-refractivity contribution in [1.29, 1.82) is 0 Å². The minimum Gasteiger partial charge on any atom is -0.451 e. The minimum atomic E-state index is -4.58. The molecule has 0 bridgehead atoms. The van der Waals surface area contributed by atoms with Gasteiger partial charge in [0, 0.05) is 13.1 Å². The molecule has 1 aliphatic heterocycles. The van der Waals surface area contributed by atoms with Crippen molar-refractivity contribution in [2.24, 2.45) is 0 Å². The predicted molar refractivity (Wildman–Crippen MR) is 119 cm³/mol. The van der Waals surface area contributed by atoms with Crippen LogP contribution in [0.15, 0.2) is 54.7 Å². The van der Waals surface area contributed by atoms with E-state index < -0.39 is 30.2 Å². The maximum atomic E-state index is 13.2. The quantitative estimate of drug-likeness (QED) is 0.510. The Hall–Kier alpha value is -3.93. The summed E-state index contributed by atoms with van der Waals surface area (Å²) in [6, 6.07) is 12.5. The second-order valence-corrected chi connectivity index (χ2v) is 7.74. The van der Waals surface area contributed by atoms with Gasteiger partial charge in [-0.3, -0.25) is 4.79 Å². The number of hydrogen-bond donors (Lipinski definition) is 1. The van der Waals surface area contributed by atoms with Crippen molar-refractivity contribution in [2.45, 2.75) is 12.7 Å². The zero-order chi connectivity index (χ0) is 24.8. The molecule has 1 N–H and O–H groups in total. The van der Waals surface area contributed by atoms with E-state index in [1.807, 2.05) is 35.2 Å². The highest BCUT2D eigenvalue weighted by Crippen LogP contribution is 2.35. The van der Waals surface area contributed by atoms with Crippen molar-refractivity contribution in [3.8, 4) is 0 Å². The van der Waals surface area contributed by atoms with Crippen molar-refractivity contribution in [3.05, 3.63) is 71.5 Å². The molecule has 4 rings (SSSR count). The molecule has 0 atom stereocenters. The number of halogens is 3. The molecule has 0 radical (unpaired) electrons. The Kier molecular flexibility index (Phi) is 7.30. The molecule has 0 aliphatic carbocycles. The number of alkyl halides is 3. The van der Waals surface area contributed by atoms with E-state index in [9.17, 15) is 22.8 Å². The molecule has 3 aromatic rings. The Morgan fingerprint density at radius 3 is 2.54 bits per heavy atom. The van der Waals surface area contributed by atoms with Gasteiger partial charge in [0.05, 0.1) is 42.9 Å². The average molecular weight is 489 g/mol. The van der Waals surface area contributed by atoms with Gasteiger partial charge in [0.25, 0.3) is 5.91 Å². The number of carbonyl (C=O) groups is 2. The number of esters is 1. The zero-order valence-corrected chi connectivity index (χ0v) is 18.5. The number of amides is 1. The summed E-state index contributed by atoms with van der Waals surface area (Å²) in [4.78, 5) is 26.5. The van der Waals surface area contributed by atoms with E-state index in [1.54, 1.807) is 0 Å². The van der Waals surface area contributed by atoms with Crippen LogP contribution >= 0.6 is 0 Å². The zero-order valence-electron chi connectivity index (χ0n) is 18.5. The standard InChI is InChI=1S/C23H22F3N5O4/c24-23(25,26)17-6-7-20(30-8-10-34-11-9-30)18(12-17)27-21(32)15-35-22(33)19-14-31(29-28-19)13-16-4-2-1-3-5-16/h1-7,12,14H,8-11,13,15H2,(H,27,32). The van der Waals surface area contributed by atoms with Crippen molar-refractivity contribution in [2.75, 3.05) is 43.1 Å². The van der Waals surface area contributed by atoms with E-state index in [4.69, 9.17) is 9.47 Å². The topological polar surface area (TPSA) is 98.6 Å². The van der Waals surface area contributed by atoms with Gasteiger partial charge in [-0.2, -0.15) is 13.2 Å². The summed E-state index contributed by atoms with van der Waals surface area (Å²) in [5.41, 5.74) is 0.342. The number of carbonyl (C=O) groups excluding carboxylic acids is 2. The van der Waals surface area contributed by atoms with Crippen molar-refractivity contribution in [3.63, 3.8) is 0 Å². The van der Waals surface area contributed by atoms with E-state index in [0.717, 1.165) is 17.7 Å². The van der Waals surface area contributed by atoms with Crippen molar-refractivity contribution < 1.29 is 32.2 Å². The van der Waals surface area contributed by atoms with Crippen LogP contribution < -0.4 is 10.2 Å². The number of aromatic nitrogens is 3. The fourth-order valence-corrected chi connectivity index (χ4v) is 3.52. The minimum absolute atomic E-state index is 0.0309. The number of nitrogens with zero attached hydrogens (tertiary/aromatic N) is 4. The predicted octanol–water partition coefficient (Wildman–Crippen LogP) is 2.98. The number of benzene rings is 2. The first kappa shape index (κ1) is 24.2. The third-order valence-electron chi connectivity index (χ3n) is 5.22. The molecule has 1 amide bonds. The van der Waals surface area contributed by atoms with Crippen molar-refractivity contribution >= 4 is 23.3 Å². The number of rotatable bonds is 7. The lowest BCUT2D eigenvalue weighted by atomic mass is 10.1. The van der Waals surface area contributed by atoms with Gasteiger partial charge in [0.2, 0.25) is 0 Å². The second-order valence-electron chi connectivity index (χ2n) is 7.74. The molecule has 1 saturated heterocycles. The summed E-state index contributed by atoms with van der Waals surface area (Å²) in [7, 11) is 0. The first-order valence-corrected chi connectivity index (χ1v) is 10.7. The van der Waals surface area contributed by atoms with Crippen LogP contribution in [0.2, 0.25) is 0 Å². The Balaban J connectivity index is 1.39. The highest BCUT2D eigenvalue weighted by atomic mass is 19.4. The Morgan fingerprint density at radius 2 is 1.83 bits per heavy atom. The average Bonchev–Trinajstić information content (AvgIpc) is 3.32. The summed E-state index contributed by atoms with van der Waals surface area (Å²) in [5, 5.41) is 10.0. The van der Waals surface area contributed by atoms with Crippen molar-refractivity contribution in [1.82, 2.24) is 15.0 Å². The van der Waals surface area contributed by atoms with E-state index in [-0.39, 0.29) is 11.4 Å². The van der Waals surface area contributed by atoms with Crippen LogP contribution in [-0.2, 0) is 27.0 Å². The summed E-state index contributed by atoms with van der Waals surface area (Å²) in [5.74, 6) is -1.67. The fourth-order valence-electron chi connectivity index (χ4n) is 3.52. The van der Waals surface area contributed by atoms with Gasteiger partial charge in [-0.1, -0.05) is 35.5 Å². The van der Waals surface area contributed by atoms with Crippen LogP contribution in [0, 0.1) is 0 Å². The number of morpholine rings is 1. The van der Waals surface area contributed by atoms with Gasteiger partial charge >= 0.3 is 12.1 Å². The maximum absolute atomic E-state index is 13.2. The molecule has 184 valence electrons. The molecule has 1 fully saturated rings. The van der Waals surface area contributed by atoms with E-state index in [1.165, 1.54) is 16.9 Å². The van der Waals surface area contributed by atoms with Gasteiger partial charge in [-0.05, 0) is 23.8 Å². The maximum Gasteiger partial charge on any atom is 0.416 e. The van der Waals surface area contributed by atoms with E-state index >= 15 is 0 Å². The monoisotopic (exact) mass is 489 g/mol. The second kappa shape index (κ2) is 10.6. The molecule has 1 aromatic heterocycles. The lowest BCUT2D eigenvalue weighted by Gasteiger charge is -2.31. The molecular formula is C23H22F3N5O4. The first-order chi connectivity index (χ1) is 16.8. The van der Waals surface area contributed by atoms with Crippen LogP contribution in [0.4, 0.5) is 24.5 Å². The Bertz CT molecular complexity index is 1180. The molecule has 1 aliphatic rings. The van der Waals surface area contributed by atoms with Gasteiger partial charge in [-0.25, -0.2) is 9.48 Å². The van der Waals surface area contributed by atoms with E-state index in [0.29, 0.717) is 38.5 Å². The number of anilines is 2. The van der Waals surface area contributed by atoms with Crippen LogP contribution in [0.25, 0.3) is 0 Å². The van der Waals surface area contributed by atoms with Gasteiger partial charge in [-0.15, -0.1) is 5.10 Å².